The summed E-state index contributed by atoms with van der Waals surface area (Å²) in [7, 11) is 0. The van der Waals surface area contributed by atoms with Crippen molar-refractivity contribution in [3.63, 3.8) is 0 Å². The van der Waals surface area contributed by atoms with Crippen LogP contribution in [0.15, 0.2) is 84.9 Å². The van der Waals surface area contributed by atoms with Crippen LogP contribution < -0.4 is 5.32 Å². The molecule has 0 atom stereocenters. The Hall–Kier alpha value is -3.96. The zero-order valence-corrected chi connectivity index (χ0v) is 19.0. The summed E-state index contributed by atoms with van der Waals surface area (Å²) < 4.78 is 1.70. The maximum atomic E-state index is 13.2. The minimum Gasteiger partial charge on any atom is -0.319 e. The van der Waals surface area contributed by atoms with Crippen molar-refractivity contribution in [2.24, 2.45) is 0 Å². The fourth-order valence-corrected chi connectivity index (χ4v) is 3.87. The highest BCUT2D eigenvalue weighted by Crippen LogP contribution is 2.26. The van der Waals surface area contributed by atoms with E-state index in [0.29, 0.717) is 16.5 Å². The number of nitrogens with zero attached hydrogens (tertiary/aromatic N) is 3. The van der Waals surface area contributed by atoms with E-state index in [-0.39, 0.29) is 11.7 Å². The number of aromatic nitrogens is 3. The number of fused-ring (bicyclic) bond motifs is 1. The number of aryl methyl sites for hydroxylation is 2. The lowest BCUT2D eigenvalue weighted by Crippen LogP contribution is -2.14. The Labute approximate surface area is 196 Å². The highest BCUT2D eigenvalue weighted by Gasteiger charge is 2.20. The quantitative estimate of drug-likeness (QED) is 0.333. The molecule has 0 aliphatic heterocycles. The van der Waals surface area contributed by atoms with Gasteiger partial charge in [-0.25, -0.2) is 9.67 Å². The molecular formula is C27H21ClN4O. The third kappa shape index (κ3) is 4.11. The Morgan fingerprint density at radius 2 is 1.64 bits per heavy atom. The molecule has 0 spiro atoms. The van der Waals surface area contributed by atoms with Gasteiger partial charge in [0.1, 0.15) is 0 Å². The summed E-state index contributed by atoms with van der Waals surface area (Å²) in [6.07, 6.45) is 0. The second kappa shape index (κ2) is 8.52. The summed E-state index contributed by atoms with van der Waals surface area (Å²) >= 11 is 6.08. The summed E-state index contributed by atoms with van der Waals surface area (Å²) in [6.45, 7) is 4.11. The molecule has 0 saturated carbocycles. The first-order chi connectivity index (χ1) is 16.0. The molecule has 0 bridgehead atoms. The van der Waals surface area contributed by atoms with Gasteiger partial charge in [0, 0.05) is 21.7 Å². The maximum absolute atomic E-state index is 13.2. The van der Waals surface area contributed by atoms with E-state index in [2.05, 4.69) is 22.3 Å². The predicted octanol–water partition coefficient (Wildman–Crippen LogP) is 6.61. The number of benzene rings is 4. The van der Waals surface area contributed by atoms with Crippen molar-refractivity contribution in [2.45, 2.75) is 13.8 Å². The van der Waals surface area contributed by atoms with E-state index < -0.39 is 0 Å². The number of rotatable bonds is 4. The van der Waals surface area contributed by atoms with Crippen molar-refractivity contribution < 1.29 is 4.79 Å². The van der Waals surface area contributed by atoms with Crippen LogP contribution in [0.4, 0.5) is 5.69 Å². The molecule has 0 aliphatic carbocycles. The monoisotopic (exact) mass is 452 g/mol. The zero-order chi connectivity index (χ0) is 22.9. The molecule has 6 heteroatoms. The van der Waals surface area contributed by atoms with Crippen LogP contribution in [0.25, 0.3) is 27.8 Å². The molecule has 1 N–H and O–H groups in total. The number of amides is 1. The topological polar surface area (TPSA) is 59.8 Å². The molecule has 1 amide bonds. The van der Waals surface area contributed by atoms with E-state index in [1.165, 1.54) is 5.56 Å². The Bertz CT molecular complexity index is 1480. The number of hydrogen-bond donors (Lipinski definition) is 1. The van der Waals surface area contributed by atoms with E-state index in [4.69, 9.17) is 11.6 Å². The lowest BCUT2D eigenvalue weighted by atomic mass is 10.1. The normalized spacial score (nSPS) is 11.0. The summed E-state index contributed by atoms with van der Waals surface area (Å²) in [4.78, 5) is 17.8. The van der Waals surface area contributed by atoms with Crippen molar-refractivity contribution in [1.29, 1.82) is 0 Å². The van der Waals surface area contributed by atoms with Gasteiger partial charge in [-0.1, -0.05) is 54.1 Å². The molecule has 0 saturated heterocycles. The van der Waals surface area contributed by atoms with Crippen LogP contribution in [0.3, 0.4) is 0 Å². The van der Waals surface area contributed by atoms with Crippen molar-refractivity contribution in [2.75, 3.05) is 5.32 Å². The number of carbonyl (C=O) groups excluding carboxylic acids is 1. The van der Waals surface area contributed by atoms with E-state index >= 15 is 0 Å². The Morgan fingerprint density at radius 1 is 0.879 bits per heavy atom. The molecule has 1 heterocycles. The lowest BCUT2D eigenvalue weighted by molar-refractivity contribution is 0.101. The fraction of sp³-hybridized carbons (Fsp3) is 0.0741. The molecule has 0 radical (unpaired) electrons. The molecule has 1 aromatic heterocycles. The van der Waals surface area contributed by atoms with Gasteiger partial charge in [-0.2, -0.15) is 0 Å². The zero-order valence-electron chi connectivity index (χ0n) is 18.2. The van der Waals surface area contributed by atoms with Crippen molar-refractivity contribution in [3.8, 4) is 17.1 Å². The van der Waals surface area contributed by atoms with Gasteiger partial charge in [0.15, 0.2) is 5.82 Å². The number of halogens is 1. The molecule has 0 unspecified atom stereocenters. The summed E-state index contributed by atoms with van der Waals surface area (Å²) in [6, 6.07) is 27.1. The maximum Gasteiger partial charge on any atom is 0.295 e. The molecule has 5 nitrogen and oxygen atoms in total. The number of carbonyl (C=O) groups is 1. The predicted molar refractivity (Wildman–Crippen MR) is 133 cm³/mol. The minimum atomic E-state index is -0.371. The van der Waals surface area contributed by atoms with E-state index in [0.717, 1.165) is 27.6 Å². The summed E-state index contributed by atoms with van der Waals surface area (Å²) in [5, 5.41) is 10.2. The number of hydrogen-bond acceptors (Lipinski definition) is 3. The van der Waals surface area contributed by atoms with Crippen molar-refractivity contribution in [3.05, 3.63) is 107 Å². The Kier molecular flexibility index (Phi) is 5.40. The van der Waals surface area contributed by atoms with Crippen molar-refractivity contribution in [1.82, 2.24) is 14.8 Å². The standard InChI is InChI=1S/C27H21ClN4O/c1-17-10-15-22(16-18(17)2)32-26(20-11-13-21(28)14-12-20)30-25(31-32)27(33)29-24-9-5-7-19-6-3-4-8-23(19)24/h3-16H,1-2H3,(H,29,33). The molecule has 4 aromatic carbocycles. The first-order valence-electron chi connectivity index (χ1n) is 10.6. The van der Waals surface area contributed by atoms with Gasteiger partial charge in [-0.05, 0) is 72.8 Å². The van der Waals surface area contributed by atoms with Gasteiger partial charge in [0.25, 0.3) is 5.91 Å². The average Bonchev–Trinajstić information content (AvgIpc) is 3.27. The molecular weight excluding hydrogens is 432 g/mol. The molecule has 0 fully saturated rings. The molecule has 162 valence electrons. The number of anilines is 1. The number of nitrogens with one attached hydrogen (secondary N) is 1. The van der Waals surface area contributed by atoms with Crippen LogP contribution in [0.2, 0.25) is 5.02 Å². The Morgan fingerprint density at radius 3 is 2.42 bits per heavy atom. The van der Waals surface area contributed by atoms with Gasteiger partial charge in [-0.3, -0.25) is 4.79 Å². The van der Waals surface area contributed by atoms with E-state index in [1.54, 1.807) is 16.8 Å². The second-order valence-electron chi connectivity index (χ2n) is 7.93. The first-order valence-corrected chi connectivity index (χ1v) is 11.0. The van der Waals surface area contributed by atoms with Crippen LogP contribution in [0.5, 0.6) is 0 Å². The molecule has 33 heavy (non-hydrogen) atoms. The van der Waals surface area contributed by atoms with Crippen LogP contribution in [-0.2, 0) is 0 Å². The van der Waals surface area contributed by atoms with Crippen LogP contribution >= 0.6 is 11.6 Å². The smallest absolute Gasteiger partial charge is 0.295 e. The third-order valence-corrected chi connectivity index (χ3v) is 5.94. The fourth-order valence-electron chi connectivity index (χ4n) is 3.74. The summed E-state index contributed by atoms with van der Waals surface area (Å²) in [5.41, 5.74) is 4.68. The SMILES string of the molecule is Cc1ccc(-n2nc(C(=O)Nc3cccc4ccccc34)nc2-c2ccc(Cl)cc2)cc1C. The highest BCUT2D eigenvalue weighted by molar-refractivity contribution is 6.30. The minimum absolute atomic E-state index is 0.0890. The third-order valence-electron chi connectivity index (χ3n) is 5.69. The van der Waals surface area contributed by atoms with Crippen molar-refractivity contribution >= 4 is 34.0 Å². The Balaban J connectivity index is 1.58. The second-order valence-corrected chi connectivity index (χ2v) is 8.36. The van der Waals surface area contributed by atoms with Gasteiger partial charge in [0.05, 0.1) is 5.69 Å². The lowest BCUT2D eigenvalue weighted by Gasteiger charge is -2.08. The average molecular weight is 453 g/mol. The molecule has 0 aliphatic rings. The van der Waals surface area contributed by atoms with Crippen LogP contribution in [0, 0.1) is 13.8 Å². The first kappa shape index (κ1) is 20.9. The van der Waals surface area contributed by atoms with Crippen LogP contribution in [-0.4, -0.2) is 20.7 Å². The van der Waals surface area contributed by atoms with E-state index in [9.17, 15) is 4.79 Å². The van der Waals surface area contributed by atoms with Gasteiger partial charge in [0.2, 0.25) is 5.82 Å². The van der Waals surface area contributed by atoms with Crippen LogP contribution in [0.1, 0.15) is 21.7 Å². The molecule has 5 aromatic rings. The van der Waals surface area contributed by atoms with E-state index in [1.807, 2.05) is 79.7 Å². The largest absolute Gasteiger partial charge is 0.319 e. The van der Waals surface area contributed by atoms with Gasteiger partial charge >= 0.3 is 0 Å². The molecule has 5 rings (SSSR count). The summed E-state index contributed by atoms with van der Waals surface area (Å²) in [5.74, 6) is 0.285. The van der Waals surface area contributed by atoms with Gasteiger partial charge in [-0.15, -0.1) is 5.10 Å². The highest BCUT2D eigenvalue weighted by atomic mass is 35.5. The van der Waals surface area contributed by atoms with Gasteiger partial charge < -0.3 is 5.32 Å².